The minimum absolute atomic E-state index is 0.176. The van der Waals surface area contributed by atoms with E-state index in [1.54, 1.807) is 4.57 Å². The second-order valence-electron chi connectivity index (χ2n) is 4.21. The molecular weight excluding hydrogens is 212 g/mol. The Morgan fingerprint density at radius 2 is 2.29 bits per heavy atom. The lowest BCUT2D eigenvalue weighted by Gasteiger charge is -2.05. The summed E-state index contributed by atoms with van der Waals surface area (Å²) >= 11 is 0. The fourth-order valence-corrected chi connectivity index (χ4v) is 1.84. The quantitative estimate of drug-likeness (QED) is 0.595. The van der Waals surface area contributed by atoms with Gasteiger partial charge < -0.3 is 0 Å². The molecule has 0 spiro atoms. The van der Waals surface area contributed by atoms with Crippen molar-refractivity contribution >= 4 is 10.9 Å². The Hall–Kier alpha value is -1.90. The molecule has 0 N–H and O–H groups in total. The summed E-state index contributed by atoms with van der Waals surface area (Å²) in [6.45, 7) is 6.40. The molecule has 0 amide bonds. The lowest BCUT2D eigenvalue weighted by molar-refractivity contribution is 0.619. The first-order valence-corrected chi connectivity index (χ1v) is 5.79. The highest BCUT2D eigenvalue weighted by molar-refractivity contribution is 5.78. The lowest BCUT2D eigenvalue weighted by Crippen LogP contribution is -2.22. The van der Waals surface area contributed by atoms with Gasteiger partial charge in [-0.15, -0.1) is 6.58 Å². The molecular formula is C14H16N2O. The fourth-order valence-electron chi connectivity index (χ4n) is 1.84. The van der Waals surface area contributed by atoms with E-state index in [0.717, 1.165) is 23.7 Å². The smallest absolute Gasteiger partial charge is 0.299 e. The topological polar surface area (TPSA) is 34.9 Å². The number of benzene rings is 1. The molecule has 1 aromatic heterocycles. The number of fused-ring (bicyclic) bond motifs is 1. The maximum Gasteiger partial charge on any atom is 0.348 e. The van der Waals surface area contributed by atoms with Gasteiger partial charge in [0.1, 0.15) is 0 Å². The zero-order chi connectivity index (χ0) is 12.3. The van der Waals surface area contributed by atoms with Crippen LogP contribution in [-0.4, -0.2) is 9.55 Å². The number of allylic oxidation sites excluding steroid dienone is 1. The largest absolute Gasteiger partial charge is 0.348 e. The van der Waals surface area contributed by atoms with Crippen molar-refractivity contribution in [1.82, 2.24) is 9.55 Å². The standard InChI is InChI=1S/C14H16N2O/c1-3-4-5-8-16-10-12-9-11(2)6-7-13(12)15-14(16)17/h3,6-7,9-10H,1,4-5,8H2,2H3. The van der Waals surface area contributed by atoms with Crippen LogP contribution in [0.2, 0.25) is 0 Å². The summed E-state index contributed by atoms with van der Waals surface area (Å²) < 4.78 is 1.67. The van der Waals surface area contributed by atoms with Gasteiger partial charge in [-0.05, 0) is 31.9 Å². The van der Waals surface area contributed by atoms with Crippen LogP contribution < -0.4 is 5.69 Å². The minimum Gasteiger partial charge on any atom is -0.299 e. The van der Waals surface area contributed by atoms with Gasteiger partial charge in [0.25, 0.3) is 0 Å². The molecule has 1 aromatic carbocycles. The molecule has 0 saturated heterocycles. The maximum atomic E-state index is 11.7. The molecule has 0 unspecified atom stereocenters. The summed E-state index contributed by atoms with van der Waals surface area (Å²) in [6, 6.07) is 5.91. The average molecular weight is 228 g/mol. The number of aromatic nitrogens is 2. The van der Waals surface area contributed by atoms with Crippen molar-refractivity contribution in [2.45, 2.75) is 26.3 Å². The number of aryl methyl sites for hydroxylation is 2. The summed E-state index contributed by atoms with van der Waals surface area (Å²) in [5, 5.41) is 1.02. The average Bonchev–Trinajstić information content (AvgIpc) is 2.31. The molecule has 3 nitrogen and oxygen atoms in total. The first-order valence-electron chi connectivity index (χ1n) is 5.79. The highest BCUT2D eigenvalue weighted by Gasteiger charge is 2.01. The Bertz CT molecular complexity index is 599. The van der Waals surface area contributed by atoms with Gasteiger partial charge >= 0.3 is 5.69 Å². The number of hydrogen-bond acceptors (Lipinski definition) is 2. The van der Waals surface area contributed by atoms with Gasteiger partial charge in [0.05, 0.1) is 5.52 Å². The first kappa shape index (κ1) is 11.6. The third kappa shape index (κ3) is 2.61. The van der Waals surface area contributed by atoms with Gasteiger partial charge in [-0.3, -0.25) is 4.57 Å². The molecule has 88 valence electrons. The highest BCUT2D eigenvalue weighted by Crippen LogP contribution is 2.11. The Labute approximate surface area is 100 Å². The van der Waals surface area contributed by atoms with Crippen molar-refractivity contribution in [2.24, 2.45) is 0 Å². The Morgan fingerprint density at radius 3 is 3.06 bits per heavy atom. The molecule has 0 aliphatic rings. The van der Waals surface area contributed by atoms with E-state index >= 15 is 0 Å². The third-order valence-electron chi connectivity index (χ3n) is 2.75. The van der Waals surface area contributed by atoms with Gasteiger partial charge in [0.15, 0.2) is 0 Å². The van der Waals surface area contributed by atoms with E-state index in [-0.39, 0.29) is 5.69 Å². The van der Waals surface area contributed by atoms with Crippen LogP contribution in [0.15, 0.2) is 41.8 Å². The lowest BCUT2D eigenvalue weighted by atomic mass is 10.2. The molecule has 2 rings (SSSR count). The Balaban J connectivity index is 2.39. The number of rotatable bonds is 4. The van der Waals surface area contributed by atoms with Crippen LogP contribution in [0.3, 0.4) is 0 Å². The van der Waals surface area contributed by atoms with Gasteiger partial charge in [-0.25, -0.2) is 4.79 Å². The van der Waals surface area contributed by atoms with E-state index in [9.17, 15) is 4.79 Å². The van der Waals surface area contributed by atoms with Gasteiger partial charge in [-0.2, -0.15) is 4.98 Å². The summed E-state index contributed by atoms with van der Waals surface area (Å²) in [5.41, 5.74) is 1.77. The first-order chi connectivity index (χ1) is 8.20. The van der Waals surface area contributed by atoms with Crippen molar-refractivity contribution < 1.29 is 0 Å². The van der Waals surface area contributed by atoms with Crippen molar-refractivity contribution in [3.8, 4) is 0 Å². The summed E-state index contributed by atoms with van der Waals surface area (Å²) in [7, 11) is 0. The van der Waals surface area contributed by atoms with Crippen LogP contribution in [0.4, 0.5) is 0 Å². The van der Waals surface area contributed by atoms with Crippen LogP contribution in [0.5, 0.6) is 0 Å². The van der Waals surface area contributed by atoms with Crippen LogP contribution in [0.25, 0.3) is 10.9 Å². The van der Waals surface area contributed by atoms with Crippen LogP contribution in [-0.2, 0) is 6.54 Å². The molecule has 0 aliphatic heterocycles. The van der Waals surface area contributed by atoms with Crippen molar-refractivity contribution in [2.75, 3.05) is 0 Å². The normalized spacial score (nSPS) is 10.6. The van der Waals surface area contributed by atoms with E-state index < -0.39 is 0 Å². The molecule has 0 aliphatic carbocycles. The maximum absolute atomic E-state index is 11.7. The zero-order valence-corrected chi connectivity index (χ0v) is 10.0. The monoisotopic (exact) mass is 228 g/mol. The molecule has 0 bridgehead atoms. The van der Waals surface area contributed by atoms with E-state index in [0.29, 0.717) is 6.54 Å². The van der Waals surface area contributed by atoms with E-state index in [2.05, 4.69) is 11.6 Å². The predicted molar refractivity (Wildman–Crippen MR) is 70.2 cm³/mol. The Kier molecular flexibility index (Phi) is 3.38. The molecule has 1 heterocycles. The van der Waals surface area contributed by atoms with Crippen molar-refractivity contribution in [1.29, 1.82) is 0 Å². The summed E-state index contributed by atoms with van der Waals surface area (Å²) in [5.74, 6) is 0. The van der Waals surface area contributed by atoms with E-state index in [4.69, 9.17) is 0 Å². The number of nitrogens with zero attached hydrogens (tertiary/aromatic N) is 2. The van der Waals surface area contributed by atoms with E-state index in [1.807, 2.05) is 37.4 Å². The predicted octanol–water partition coefficient (Wildman–Crippen LogP) is 2.67. The van der Waals surface area contributed by atoms with Crippen LogP contribution in [0, 0.1) is 6.92 Å². The van der Waals surface area contributed by atoms with Crippen molar-refractivity contribution in [3.63, 3.8) is 0 Å². The second-order valence-corrected chi connectivity index (χ2v) is 4.21. The van der Waals surface area contributed by atoms with Crippen molar-refractivity contribution in [3.05, 3.63) is 53.1 Å². The molecule has 17 heavy (non-hydrogen) atoms. The van der Waals surface area contributed by atoms with E-state index in [1.165, 1.54) is 5.56 Å². The summed E-state index contributed by atoms with van der Waals surface area (Å²) in [4.78, 5) is 15.8. The number of unbranched alkanes of at least 4 members (excludes halogenated alkanes) is 1. The van der Waals surface area contributed by atoms with Crippen LogP contribution in [0.1, 0.15) is 18.4 Å². The molecule has 0 radical (unpaired) electrons. The highest BCUT2D eigenvalue weighted by atomic mass is 16.1. The van der Waals surface area contributed by atoms with Gasteiger partial charge in [0.2, 0.25) is 0 Å². The molecule has 0 saturated carbocycles. The third-order valence-corrected chi connectivity index (χ3v) is 2.75. The molecule has 3 heteroatoms. The molecule has 0 fully saturated rings. The van der Waals surface area contributed by atoms with Gasteiger partial charge in [-0.1, -0.05) is 17.7 Å². The summed E-state index contributed by atoms with van der Waals surface area (Å²) in [6.07, 6.45) is 5.59. The molecule has 0 atom stereocenters. The number of hydrogen-bond donors (Lipinski definition) is 0. The van der Waals surface area contributed by atoms with Crippen LogP contribution >= 0.6 is 0 Å². The fraction of sp³-hybridized carbons (Fsp3) is 0.286. The second kappa shape index (κ2) is 4.95. The SMILES string of the molecule is C=CCCCn1cc2cc(C)ccc2nc1=O. The Morgan fingerprint density at radius 1 is 1.47 bits per heavy atom. The zero-order valence-electron chi connectivity index (χ0n) is 10.0. The van der Waals surface area contributed by atoms with Gasteiger partial charge in [0, 0.05) is 18.1 Å². The minimum atomic E-state index is -0.176. The molecule has 2 aromatic rings.